The summed E-state index contributed by atoms with van der Waals surface area (Å²) in [5.74, 6) is -3.13. The molecule has 1 aliphatic rings. The lowest BCUT2D eigenvalue weighted by Gasteiger charge is -2.20. The molecule has 14 heavy (non-hydrogen) atoms. The summed E-state index contributed by atoms with van der Waals surface area (Å²) in [6.45, 7) is 0. The van der Waals surface area contributed by atoms with Crippen molar-refractivity contribution in [2.24, 2.45) is 11.7 Å². The molecule has 0 bridgehead atoms. The zero-order valence-corrected chi connectivity index (χ0v) is 7.50. The lowest BCUT2D eigenvalue weighted by molar-refractivity contribution is -0.138. The third kappa shape index (κ3) is 2.95. The van der Waals surface area contributed by atoms with Crippen molar-refractivity contribution in [2.45, 2.75) is 18.2 Å². The quantitative estimate of drug-likeness (QED) is 0.352. The first-order chi connectivity index (χ1) is 6.41. The maximum atomic E-state index is 10.4. The average molecular weight is 199 g/mol. The maximum absolute atomic E-state index is 10.4. The van der Waals surface area contributed by atoms with E-state index in [1.54, 1.807) is 0 Å². The van der Waals surface area contributed by atoms with Crippen LogP contribution in [0.3, 0.4) is 0 Å². The van der Waals surface area contributed by atoms with Gasteiger partial charge in [0.25, 0.3) is 0 Å². The van der Waals surface area contributed by atoms with E-state index in [1.165, 1.54) is 24.3 Å². The molecule has 0 amide bonds. The SMILES string of the molecule is NC(CC1C=CC(O)(O)C=C1)C(=O)O. The molecule has 0 fully saturated rings. The van der Waals surface area contributed by atoms with Crippen LogP contribution in [-0.4, -0.2) is 33.1 Å². The molecule has 0 aliphatic heterocycles. The van der Waals surface area contributed by atoms with E-state index in [0.29, 0.717) is 0 Å². The number of hydrogen-bond acceptors (Lipinski definition) is 4. The van der Waals surface area contributed by atoms with Crippen LogP contribution in [-0.2, 0) is 4.79 Å². The number of carboxylic acid groups (broad SMARTS) is 1. The predicted molar refractivity (Wildman–Crippen MR) is 49.2 cm³/mol. The summed E-state index contributed by atoms with van der Waals surface area (Å²) in [6.07, 6.45) is 5.71. The van der Waals surface area contributed by atoms with Crippen molar-refractivity contribution in [1.82, 2.24) is 0 Å². The van der Waals surface area contributed by atoms with Crippen molar-refractivity contribution in [2.75, 3.05) is 0 Å². The fourth-order valence-corrected chi connectivity index (χ4v) is 1.20. The maximum Gasteiger partial charge on any atom is 0.320 e. The van der Waals surface area contributed by atoms with Crippen LogP contribution in [0.1, 0.15) is 6.42 Å². The first-order valence-electron chi connectivity index (χ1n) is 4.22. The van der Waals surface area contributed by atoms with E-state index in [1.807, 2.05) is 0 Å². The van der Waals surface area contributed by atoms with E-state index < -0.39 is 17.8 Å². The van der Waals surface area contributed by atoms with Gasteiger partial charge >= 0.3 is 5.97 Å². The molecule has 0 saturated carbocycles. The third-order valence-corrected chi connectivity index (χ3v) is 2.02. The van der Waals surface area contributed by atoms with Crippen LogP contribution in [0.2, 0.25) is 0 Å². The van der Waals surface area contributed by atoms with Gasteiger partial charge in [-0.2, -0.15) is 0 Å². The van der Waals surface area contributed by atoms with Gasteiger partial charge in [-0.3, -0.25) is 4.79 Å². The van der Waals surface area contributed by atoms with Gasteiger partial charge in [-0.05, 0) is 24.5 Å². The summed E-state index contributed by atoms with van der Waals surface area (Å²) in [5.41, 5.74) is 5.32. The lowest BCUT2D eigenvalue weighted by Crippen LogP contribution is -2.33. The monoisotopic (exact) mass is 199 g/mol. The molecule has 0 saturated heterocycles. The van der Waals surface area contributed by atoms with Gasteiger partial charge in [-0.15, -0.1) is 0 Å². The Morgan fingerprint density at radius 3 is 2.36 bits per heavy atom. The molecular weight excluding hydrogens is 186 g/mol. The molecule has 0 heterocycles. The molecule has 0 aromatic heterocycles. The molecule has 0 aromatic carbocycles. The highest BCUT2D eigenvalue weighted by molar-refractivity contribution is 5.73. The number of carboxylic acids is 1. The van der Waals surface area contributed by atoms with E-state index in [2.05, 4.69) is 0 Å². The summed E-state index contributed by atoms with van der Waals surface area (Å²) in [5, 5.41) is 26.7. The average Bonchev–Trinajstić information content (AvgIpc) is 2.08. The number of nitrogens with two attached hydrogens (primary N) is 1. The van der Waals surface area contributed by atoms with Crippen molar-refractivity contribution in [3.8, 4) is 0 Å². The van der Waals surface area contributed by atoms with Crippen molar-refractivity contribution in [1.29, 1.82) is 0 Å². The Morgan fingerprint density at radius 1 is 1.43 bits per heavy atom. The summed E-state index contributed by atoms with van der Waals surface area (Å²) in [7, 11) is 0. The van der Waals surface area contributed by atoms with Crippen molar-refractivity contribution >= 4 is 5.97 Å². The van der Waals surface area contributed by atoms with Crippen molar-refractivity contribution in [3.05, 3.63) is 24.3 Å². The second-order valence-electron chi connectivity index (χ2n) is 3.35. The zero-order chi connectivity index (χ0) is 10.8. The van der Waals surface area contributed by atoms with Crippen LogP contribution in [0.15, 0.2) is 24.3 Å². The lowest BCUT2D eigenvalue weighted by atomic mass is 9.94. The molecule has 1 rings (SSSR count). The normalized spacial score (nSPS) is 22.2. The molecule has 1 unspecified atom stereocenters. The third-order valence-electron chi connectivity index (χ3n) is 2.02. The van der Waals surface area contributed by atoms with Gasteiger partial charge in [-0.1, -0.05) is 12.2 Å². The Morgan fingerprint density at radius 2 is 1.93 bits per heavy atom. The highest BCUT2D eigenvalue weighted by Gasteiger charge is 2.22. The predicted octanol–water partition coefficient (Wildman–Crippen LogP) is -0.789. The molecule has 5 heteroatoms. The Bertz CT molecular complexity index is 267. The van der Waals surface area contributed by atoms with E-state index >= 15 is 0 Å². The van der Waals surface area contributed by atoms with Crippen molar-refractivity contribution in [3.63, 3.8) is 0 Å². The van der Waals surface area contributed by atoms with Gasteiger partial charge in [0.15, 0.2) is 0 Å². The van der Waals surface area contributed by atoms with Gasteiger partial charge < -0.3 is 21.1 Å². The van der Waals surface area contributed by atoms with Crippen molar-refractivity contribution < 1.29 is 20.1 Å². The van der Waals surface area contributed by atoms with E-state index in [9.17, 15) is 4.79 Å². The Labute approximate surface area is 81.2 Å². The largest absolute Gasteiger partial charge is 0.480 e. The number of rotatable bonds is 3. The molecule has 1 atom stereocenters. The number of hydrogen-bond donors (Lipinski definition) is 4. The van der Waals surface area contributed by atoms with Crippen LogP contribution >= 0.6 is 0 Å². The Kier molecular flexibility index (Phi) is 3.05. The summed E-state index contributed by atoms with van der Waals surface area (Å²) in [4.78, 5) is 10.4. The number of carbonyl (C=O) groups is 1. The van der Waals surface area contributed by atoms with E-state index in [0.717, 1.165) is 0 Å². The van der Waals surface area contributed by atoms with Crippen LogP contribution < -0.4 is 5.73 Å². The molecule has 78 valence electrons. The highest BCUT2D eigenvalue weighted by Crippen LogP contribution is 2.19. The molecule has 5 N–H and O–H groups in total. The highest BCUT2D eigenvalue weighted by atomic mass is 16.5. The van der Waals surface area contributed by atoms with E-state index in [-0.39, 0.29) is 12.3 Å². The van der Waals surface area contributed by atoms with Crippen LogP contribution in [0.5, 0.6) is 0 Å². The second kappa shape index (κ2) is 3.91. The summed E-state index contributed by atoms with van der Waals surface area (Å²) < 4.78 is 0. The number of allylic oxidation sites excluding steroid dienone is 2. The van der Waals surface area contributed by atoms with Gasteiger partial charge in [0, 0.05) is 0 Å². The molecule has 0 aromatic rings. The van der Waals surface area contributed by atoms with Gasteiger partial charge in [-0.25, -0.2) is 0 Å². The molecular formula is C9H13NO4. The molecule has 5 nitrogen and oxygen atoms in total. The van der Waals surface area contributed by atoms with Gasteiger partial charge in [0.1, 0.15) is 6.04 Å². The fraction of sp³-hybridized carbons (Fsp3) is 0.444. The fourth-order valence-electron chi connectivity index (χ4n) is 1.20. The van der Waals surface area contributed by atoms with Crippen LogP contribution in [0.25, 0.3) is 0 Å². The summed E-state index contributed by atoms with van der Waals surface area (Å²) >= 11 is 0. The first-order valence-corrected chi connectivity index (χ1v) is 4.22. The topological polar surface area (TPSA) is 104 Å². The van der Waals surface area contributed by atoms with E-state index in [4.69, 9.17) is 21.1 Å². The van der Waals surface area contributed by atoms with Gasteiger partial charge in [0.05, 0.1) is 0 Å². The standard InChI is InChI=1S/C9H13NO4/c10-7(8(11)12)5-6-1-3-9(13,14)4-2-6/h1-4,6-7,13-14H,5,10H2,(H,11,12). The van der Waals surface area contributed by atoms with Crippen LogP contribution in [0.4, 0.5) is 0 Å². The van der Waals surface area contributed by atoms with Crippen LogP contribution in [0, 0.1) is 5.92 Å². The zero-order valence-electron chi connectivity index (χ0n) is 7.50. The van der Waals surface area contributed by atoms with Gasteiger partial charge in [0.2, 0.25) is 5.79 Å². The minimum atomic E-state index is -1.91. The molecule has 1 aliphatic carbocycles. The number of aliphatic carboxylic acids is 1. The molecule has 0 radical (unpaired) electrons. The number of aliphatic hydroxyl groups is 2. The second-order valence-corrected chi connectivity index (χ2v) is 3.35. The smallest absolute Gasteiger partial charge is 0.320 e. The first kappa shape index (κ1) is 10.9. The Balaban J connectivity index is 2.51. The molecule has 0 spiro atoms. The minimum absolute atomic E-state index is 0.159. The minimum Gasteiger partial charge on any atom is -0.480 e. The Hall–Kier alpha value is -1.17. The summed E-state index contributed by atoms with van der Waals surface area (Å²) in [6, 6.07) is -0.931.